The van der Waals surface area contributed by atoms with Gasteiger partial charge in [-0.25, -0.2) is 0 Å². The summed E-state index contributed by atoms with van der Waals surface area (Å²) in [5.74, 6) is 0. The first-order valence-electron chi connectivity index (χ1n) is 5.33. The smallest absolute Gasteiger partial charge is 0.196 e. The van der Waals surface area contributed by atoms with Crippen LogP contribution in [0.25, 0.3) is 0 Å². The molecule has 2 nitrogen and oxygen atoms in total. The fourth-order valence-corrected chi connectivity index (χ4v) is 1.92. The predicted octanol–water partition coefficient (Wildman–Crippen LogP) is 3.10. The average Bonchev–Trinajstić information content (AvgIpc) is 2.17. The zero-order chi connectivity index (χ0) is 12.2. The van der Waals surface area contributed by atoms with Gasteiger partial charge in [0.2, 0.25) is 0 Å². The number of hydrogen-bond acceptors (Lipinski definition) is 3. The summed E-state index contributed by atoms with van der Waals surface area (Å²) >= 11 is 1.19. The van der Waals surface area contributed by atoms with Crippen LogP contribution in [0.15, 0.2) is 35.2 Å². The van der Waals surface area contributed by atoms with Crippen LogP contribution in [-0.4, -0.2) is 16.3 Å². The van der Waals surface area contributed by atoms with Gasteiger partial charge in [0.1, 0.15) is 0 Å². The van der Waals surface area contributed by atoms with Crippen LogP contribution in [0, 0.1) is 5.41 Å². The summed E-state index contributed by atoms with van der Waals surface area (Å²) in [6.07, 6.45) is -0.389. The molecule has 1 aromatic carbocycles. The van der Waals surface area contributed by atoms with Crippen molar-refractivity contribution >= 4 is 16.9 Å². The lowest BCUT2D eigenvalue weighted by Crippen LogP contribution is -2.27. The topological polar surface area (TPSA) is 37.3 Å². The van der Waals surface area contributed by atoms with Crippen molar-refractivity contribution in [1.82, 2.24) is 0 Å². The van der Waals surface area contributed by atoms with E-state index in [4.69, 9.17) is 0 Å². The molecule has 1 aromatic rings. The van der Waals surface area contributed by atoms with Gasteiger partial charge in [0.25, 0.3) is 0 Å². The maximum absolute atomic E-state index is 11.7. The quantitative estimate of drug-likeness (QED) is 0.822. The molecule has 0 amide bonds. The van der Waals surface area contributed by atoms with E-state index < -0.39 is 6.10 Å². The molecular weight excluding hydrogens is 220 g/mol. The van der Waals surface area contributed by atoms with Crippen molar-refractivity contribution in [1.29, 1.82) is 0 Å². The standard InChI is InChI=1S/C13H18O2S/c1-13(2,3)11(14)9-12(15)16-10-7-5-4-6-8-10/h4-8,11,14H,9H2,1-3H3. The zero-order valence-corrected chi connectivity index (χ0v) is 10.8. The first kappa shape index (κ1) is 13.3. The second kappa shape index (κ2) is 5.51. The molecule has 1 N–H and O–H groups in total. The molecule has 0 spiro atoms. The largest absolute Gasteiger partial charge is 0.392 e. The molecule has 0 aliphatic heterocycles. The highest BCUT2D eigenvalue weighted by atomic mass is 32.2. The fraction of sp³-hybridized carbons (Fsp3) is 0.462. The molecule has 1 rings (SSSR count). The molecule has 0 aliphatic rings. The molecule has 0 aromatic heterocycles. The summed E-state index contributed by atoms with van der Waals surface area (Å²) in [6, 6.07) is 9.50. The monoisotopic (exact) mass is 238 g/mol. The third kappa shape index (κ3) is 4.37. The van der Waals surface area contributed by atoms with Gasteiger partial charge < -0.3 is 5.11 Å². The Hall–Kier alpha value is -0.800. The second-order valence-corrected chi connectivity index (χ2v) is 6.00. The van der Waals surface area contributed by atoms with Crippen molar-refractivity contribution in [2.24, 2.45) is 5.41 Å². The number of carbonyl (C=O) groups is 1. The van der Waals surface area contributed by atoms with E-state index in [0.29, 0.717) is 0 Å². The molecule has 0 radical (unpaired) electrons. The van der Waals surface area contributed by atoms with Crippen molar-refractivity contribution in [2.45, 2.75) is 38.2 Å². The van der Waals surface area contributed by atoms with Gasteiger partial charge in [0, 0.05) is 11.3 Å². The average molecular weight is 238 g/mol. The maximum atomic E-state index is 11.7. The first-order valence-corrected chi connectivity index (χ1v) is 6.15. The van der Waals surface area contributed by atoms with E-state index in [1.807, 2.05) is 51.1 Å². The Bertz CT molecular complexity index is 341. The molecule has 0 saturated carbocycles. The van der Waals surface area contributed by atoms with E-state index in [0.717, 1.165) is 4.90 Å². The van der Waals surface area contributed by atoms with E-state index in [1.54, 1.807) is 0 Å². The first-order chi connectivity index (χ1) is 7.39. The summed E-state index contributed by atoms with van der Waals surface area (Å²) in [6.45, 7) is 5.79. The van der Waals surface area contributed by atoms with Gasteiger partial charge in [-0.3, -0.25) is 4.79 Å². The van der Waals surface area contributed by atoms with Crippen molar-refractivity contribution < 1.29 is 9.90 Å². The van der Waals surface area contributed by atoms with E-state index in [2.05, 4.69) is 0 Å². The number of benzene rings is 1. The van der Waals surface area contributed by atoms with Crippen LogP contribution < -0.4 is 0 Å². The maximum Gasteiger partial charge on any atom is 0.196 e. The van der Waals surface area contributed by atoms with Gasteiger partial charge >= 0.3 is 0 Å². The molecule has 3 heteroatoms. The van der Waals surface area contributed by atoms with E-state index in [9.17, 15) is 9.90 Å². The van der Waals surface area contributed by atoms with Crippen LogP contribution in [0.4, 0.5) is 0 Å². The third-order valence-electron chi connectivity index (χ3n) is 2.33. The van der Waals surface area contributed by atoms with E-state index in [-0.39, 0.29) is 17.0 Å². The second-order valence-electron chi connectivity index (χ2n) is 4.87. The van der Waals surface area contributed by atoms with Gasteiger partial charge in [-0.1, -0.05) is 50.7 Å². The number of rotatable bonds is 3. The number of aliphatic hydroxyl groups excluding tert-OH is 1. The van der Waals surface area contributed by atoms with Gasteiger partial charge in [0.15, 0.2) is 5.12 Å². The van der Waals surface area contributed by atoms with Crippen LogP contribution in [0.1, 0.15) is 27.2 Å². The minimum Gasteiger partial charge on any atom is -0.392 e. The van der Waals surface area contributed by atoms with Crippen LogP contribution in [0.2, 0.25) is 0 Å². The molecule has 0 aliphatic carbocycles. The molecular formula is C13H18O2S. The minimum absolute atomic E-state index is 0.00799. The van der Waals surface area contributed by atoms with Crippen LogP contribution in [0.5, 0.6) is 0 Å². The Balaban J connectivity index is 2.49. The molecule has 16 heavy (non-hydrogen) atoms. The Labute approximate surface area is 101 Å². The molecule has 0 fully saturated rings. The van der Waals surface area contributed by atoms with Gasteiger partial charge in [-0.2, -0.15) is 0 Å². The highest BCUT2D eigenvalue weighted by molar-refractivity contribution is 8.13. The lowest BCUT2D eigenvalue weighted by atomic mass is 9.88. The van der Waals surface area contributed by atoms with Gasteiger partial charge in [-0.15, -0.1) is 0 Å². The van der Waals surface area contributed by atoms with Crippen LogP contribution in [-0.2, 0) is 4.79 Å². The highest BCUT2D eigenvalue weighted by Gasteiger charge is 2.24. The summed E-state index contributed by atoms with van der Waals surface area (Å²) in [4.78, 5) is 12.6. The Morgan fingerprint density at radius 1 is 1.31 bits per heavy atom. The molecule has 0 bridgehead atoms. The third-order valence-corrected chi connectivity index (χ3v) is 3.24. The highest BCUT2D eigenvalue weighted by Crippen LogP contribution is 2.26. The van der Waals surface area contributed by atoms with Gasteiger partial charge in [-0.05, 0) is 17.5 Å². The van der Waals surface area contributed by atoms with E-state index >= 15 is 0 Å². The van der Waals surface area contributed by atoms with Crippen LogP contribution >= 0.6 is 11.8 Å². The molecule has 0 heterocycles. The SMILES string of the molecule is CC(C)(C)C(O)CC(=O)Sc1ccccc1. The molecule has 1 atom stereocenters. The van der Waals surface area contributed by atoms with Crippen molar-refractivity contribution in [3.05, 3.63) is 30.3 Å². The summed E-state index contributed by atoms with van der Waals surface area (Å²) in [7, 11) is 0. The molecule has 0 saturated heterocycles. The Kier molecular flexibility index (Phi) is 4.56. The molecule has 1 unspecified atom stereocenters. The summed E-state index contributed by atoms with van der Waals surface area (Å²) in [5.41, 5.74) is -0.243. The van der Waals surface area contributed by atoms with Crippen LogP contribution in [0.3, 0.4) is 0 Å². The number of thioether (sulfide) groups is 1. The Morgan fingerprint density at radius 3 is 2.38 bits per heavy atom. The zero-order valence-electron chi connectivity index (χ0n) is 9.93. The van der Waals surface area contributed by atoms with Crippen molar-refractivity contribution in [3.8, 4) is 0 Å². The summed E-state index contributed by atoms with van der Waals surface area (Å²) < 4.78 is 0. The lowest BCUT2D eigenvalue weighted by Gasteiger charge is -2.24. The van der Waals surface area contributed by atoms with E-state index in [1.165, 1.54) is 11.8 Å². The van der Waals surface area contributed by atoms with Crippen molar-refractivity contribution in [3.63, 3.8) is 0 Å². The lowest BCUT2D eigenvalue weighted by molar-refractivity contribution is -0.114. The minimum atomic E-state index is -0.587. The predicted molar refractivity (Wildman–Crippen MR) is 67.4 cm³/mol. The molecule has 88 valence electrons. The Morgan fingerprint density at radius 2 is 1.88 bits per heavy atom. The van der Waals surface area contributed by atoms with Crippen molar-refractivity contribution in [2.75, 3.05) is 0 Å². The normalized spacial score (nSPS) is 13.5. The van der Waals surface area contributed by atoms with Gasteiger partial charge in [0.05, 0.1) is 6.10 Å². The number of carbonyl (C=O) groups excluding carboxylic acids is 1. The number of hydrogen-bond donors (Lipinski definition) is 1. The number of aliphatic hydroxyl groups is 1. The fourth-order valence-electron chi connectivity index (χ4n) is 1.13. The summed E-state index contributed by atoms with van der Waals surface area (Å²) in [5, 5.41) is 9.81.